The Morgan fingerprint density at radius 1 is 1.52 bits per heavy atom. The van der Waals surface area contributed by atoms with Gasteiger partial charge in [-0.2, -0.15) is 4.31 Å². The molecule has 116 valence electrons. The molecule has 0 heterocycles. The van der Waals surface area contributed by atoms with Crippen LogP contribution in [-0.4, -0.2) is 38.4 Å². The minimum atomic E-state index is -3.98. The third kappa shape index (κ3) is 4.62. The Bertz CT molecular complexity index is 633. The minimum Gasteiger partial charge on any atom is -0.465 e. The zero-order valence-corrected chi connectivity index (χ0v) is 13.8. The molecule has 1 aromatic rings. The molecule has 0 unspecified atom stereocenters. The van der Waals surface area contributed by atoms with Crippen LogP contribution in [-0.2, 0) is 19.6 Å². The molecule has 0 aliphatic carbocycles. The maximum Gasteiger partial charge on any atom is 0.321 e. The highest BCUT2D eigenvalue weighted by Gasteiger charge is 2.28. The molecular formula is C13H15BrFNO4S. The van der Waals surface area contributed by atoms with Crippen molar-refractivity contribution in [1.82, 2.24) is 4.31 Å². The van der Waals surface area contributed by atoms with Gasteiger partial charge in [-0.3, -0.25) is 4.79 Å². The van der Waals surface area contributed by atoms with Gasteiger partial charge in [0.15, 0.2) is 0 Å². The molecule has 8 heteroatoms. The molecule has 0 atom stereocenters. The number of hydrogen-bond donors (Lipinski definition) is 0. The maximum atomic E-state index is 13.1. The molecule has 0 N–H and O–H groups in total. The van der Waals surface area contributed by atoms with Gasteiger partial charge in [-0.15, -0.1) is 6.58 Å². The second-order valence-electron chi connectivity index (χ2n) is 3.97. The summed E-state index contributed by atoms with van der Waals surface area (Å²) in [6.07, 6.45) is 1.36. The Hall–Kier alpha value is -1.25. The standard InChI is InChI=1S/C13H15BrFNO4S/c1-3-7-16(9-13(17)20-4-2)21(18,19)12-6-5-10(15)8-11(12)14/h3,5-6,8H,1,4,7,9H2,2H3. The van der Waals surface area contributed by atoms with Gasteiger partial charge in [-0.05, 0) is 41.1 Å². The highest BCUT2D eigenvalue weighted by Crippen LogP contribution is 2.25. The molecule has 21 heavy (non-hydrogen) atoms. The third-order valence-corrected chi connectivity index (χ3v) is 5.24. The van der Waals surface area contributed by atoms with E-state index in [0.29, 0.717) is 0 Å². The van der Waals surface area contributed by atoms with Gasteiger partial charge in [0.25, 0.3) is 0 Å². The van der Waals surface area contributed by atoms with Crippen LogP contribution >= 0.6 is 15.9 Å². The van der Waals surface area contributed by atoms with Gasteiger partial charge in [0.05, 0.1) is 11.5 Å². The van der Waals surface area contributed by atoms with E-state index in [9.17, 15) is 17.6 Å². The number of benzene rings is 1. The van der Waals surface area contributed by atoms with Gasteiger partial charge in [0.1, 0.15) is 12.4 Å². The summed E-state index contributed by atoms with van der Waals surface area (Å²) in [7, 11) is -3.98. The lowest BCUT2D eigenvalue weighted by Crippen LogP contribution is -2.36. The van der Waals surface area contributed by atoms with Crippen LogP contribution in [0.2, 0.25) is 0 Å². The van der Waals surface area contributed by atoms with Crippen molar-refractivity contribution in [3.05, 3.63) is 41.1 Å². The van der Waals surface area contributed by atoms with Crippen molar-refractivity contribution in [2.75, 3.05) is 19.7 Å². The summed E-state index contributed by atoms with van der Waals surface area (Å²) in [5.41, 5.74) is 0. The number of hydrogen-bond acceptors (Lipinski definition) is 4. The molecule has 0 saturated heterocycles. The fourth-order valence-corrected chi connectivity index (χ4v) is 3.93. The molecule has 0 saturated carbocycles. The van der Waals surface area contributed by atoms with E-state index in [0.717, 1.165) is 22.5 Å². The SMILES string of the molecule is C=CCN(CC(=O)OCC)S(=O)(=O)c1ccc(F)cc1Br. The van der Waals surface area contributed by atoms with Gasteiger partial charge >= 0.3 is 5.97 Å². The van der Waals surface area contributed by atoms with Gasteiger partial charge in [-0.25, -0.2) is 12.8 Å². The van der Waals surface area contributed by atoms with Crippen LogP contribution in [0, 0.1) is 5.82 Å². The van der Waals surface area contributed by atoms with E-state index in [4.69, 9.17) is 4.74 Å². The lowest BCUT2D eigenvalue weighted by molar-refractivity contribution is -0.143. The number of sulfonamides is 1. The average Bonchev–Trinajstić information content (AvgIpc) is 2.38. The number of ether oxygens (including phenoxy) is 1. The molecule has 0 aliphatic heterocycles. The second kappa shape index (κ2) is 7.67. The largest absolute Gasteiger partial charge is 0.465 e. The first-order valence-electron chi connectivity index (χ1n) is 6.04. The molecule has 0 aliphatic rings. The molecule has 0 spiro atoms. The minimum absolute atomic E-state index is 0.0645. The topological polar surface area (TPSA) is 63.7 Å². The first-order chi connectivity index (χ1) is 9.82. The lowest BCUT2D eigenvalue weighted by atomic mass is 10.3. The van der Waals surface area contributed by atoms with Crippen molar-refractivity contribution in [2.24, 2.45) is 0 Å². The molecule has 0 fully saturated rings. The maximum absolute atomic E-state index is 13.1. The van der Waals surface area contributed by atoms with Crippen LogP contribution in [0.25, 0.3) is 0 Å². The number of halogens is 2. The summed E-state index contributed by atoms with van der Waals surface area (Å²) in [6.45, 7) is 4.74. The summed E-state index contributed by atoms with van der Waals surface area (Å²) < 4.78 is 43.8. The van der Waals surface area contributed by atoms with Crippen molar-refractivity contribution in [3.63, 3.8) is 0 Å². The summed E-state index contributed by atoms with van der Waals surface area (Å²) in [5, 5.41) is 0. The van der Waals surface area contributed by atoms with E-state index >= 15 is 0 Å². The first kappa shape index (κ1) is 17.8. The predicted molar refractivity (Wildman–Crippen MR) is 79.7 cm³/mol. The van der Waals surface area contributed by atoms with E-state index in [-0.39, 0.29) is 22.5 Å². The van der Waals surface area contributed by atoms with Crippen LogP contribution in [0.5, 0.6) is 0 Å². The molecular weight excluding hydrogens is 365 g/mol. The van der Waals surface area contributed by atoms with E-state index in [1.165, 1.54) is 6.08 Å². The predicted octanol–water partition coefficient (Wildman–Crippen LogP) is 2.33. The fourth-order valence-electron chi connectivity index (χ4n) is 1.57. The zero-order valence-electron chi connectivity index (χ0n) is 11.4. The Balaban J connectivity index is 3.15. The highest BCUT2D eigenvalue weighted by atomic mass is 79.9. The summed E-state index contributed by atoms with van der Waals surface area (Å²) in [6, 6.07) is 3.22. The van der Waals surface area contributed by atoms with E-state index in [2.05, 4.69) is 22.5 Å². The Morgan fingerprint density at radius 2 is 2.19 bits per heavy atom. The van der Waals surface area contributed by atoms with Gasteiger partial charge in [0.2, 0.25) is 10.0 Å². The van der Waals surface area contributed by atoms with Crippen molar-refractivity contribution >= 4 is 31.9 Å². The van der Waals surface area contributed by atoms with Gasteiger partial charge in [-0.1, -0.05) is 6.08 Å². The summed E-state index contributed by atoms with van der Waals surface area (Å²) in [5.74, 6) is -1.23. The molecule has 1 rings (SSSR count). The Kier molecular flexibility index (Phi) is 6.50. The summed E-state index contributed by atoms with van der Waals surface area (Å²) >= 11 is 3.01. The van der Waals surface area contributed by atoms with Crippen LogP contribution < -0.4 is 0 Å². The quantitative estimate of drug-likeness (QED) is 0.538. The molecule has 1 aromatic carbocycles. The third-order valence-electron chi connectivity index (χ3n) is 2.46. The average molecular weight is 380 g/mol. The lowest BCUT2D eigenvalue weighted by Gasteiger charge is -2.20. The van der Waals surface area contributed by atoms with E-state index in [1.54, 1.807) is 6.92 Å². The zero-order chi connectivity index (χ0) is 16.0. The Morgan fingerprint density at radius 3 is 2.71 bits per heavy atom. The van der Waals surface area contributed by atoms with Crippen LogP contribution in [0.3, 0.4) is 0 Å². The number of esters is 1. The number of carbonyl (C=O) groups is 1. The first-order valence-corrected chi connectivity index (χ1v) is 8.28. The fraction of sp³-hybridized carbons (Fsp3) is 0.308. The summed E-state index contributed by atoms with van der Waals surface area (Å²) in [4.78, 5) is 11.4. The number of nitrogens with zero attached hydrogens (tertiary/aromatic N) is 1. The number of rotatable bonds is 7. The van der Waals surface area contributed by atoms with Crippen molar-refractivity contribution < 1.29 is 22.3 Å². The smallest absolute Gasteiger partial charge is 0.321 e. The van der Waals surface area contributed by atoms with E-state index in [1.807, 2.05) is 0 Å². The normalized spacial score (nSPS) is 11.4. The molecule has 0 amide bonds. The molecule has 5 nitrogen and oxygen atoms in total. The molecule has 0 radical (unpaired) electrons. The van der Waals surface area contributed by atoms with Crippen LogP contribution in [0.1, 0.15) is 6.92 Å². The monoisotopic (exact) mass is 379 g/mol. The molecule has 0 bridgehead atoms. The highest BCUT2D eigenvalue weighted by molar-refractivity contribution is 9.10. The van der Waals surface area contributed by atoms with Crippen LogP contribution in [0.4, 0.5) is 4.39 Å². The molecule has 0 aromatic heterocycles. The number of carbonyl (C=O) groups excluding carboxylic acids is 1. The van der Waals surface area contributed by atoms with Gasteiger partial charge < -0.3 is 4.74 Å². The van der Waals surface area contributed by atoms with Gasteiger partial charge in [0, 0.05) is 11.0 Å². The van der Waals surface area contributed by atoms with E-state index < -0.39 is 28.4 Å². The van der Waals surface area contributed by atoms with Crippen molar-refractivity contribution in [2.45, 2.75) is 11.8 Å². The van der Waals surface area contributed by atoms with Crippen LogP contribution in [0.15, 0.2) is 40.2 Å². The van der Waals surface area contributed by atoms with Crippen molar-refractivity contribution in [3.8, 4) is 0 Å². The second-order valence-corrected chi connectivity index (χ2v) is 6.73. The van der Waals surface area contributed by atoms with Crippen molar-refractivity contribution in [1.29, 1.82) is 0 Å². The Labute approximate surface area is 131 Å².